The fraction of sp³-hybridized carbons (Fsp3) is 0.435. The fourth-order valence-electron chi connectivity index (χ4n) is 4.63. The molecule has 0 aliphatic carbocycles. The SMILES string of the molecule is O=C(Cn1ncc2c(-c3ccc4c(c3)N=CC4)nc(N3CCOCC3)nc21)N1CCCC1. The number of ether oxygens (including phenoxy) is 1. The summed E-state index contributed by atoms with van der Waals surface area (Å²) in [6, 6.07) is 6.28. The molecule has 1 aromatic carbocycles. The average molecular weight is 432 g/mol. The van der Waals surface area contributed by atoms with Crippen LogP contribution in [-0.4, -0.2) is 76.2 Å². The van der Waals surface area contributed by atoms with E-state index in [-0.39, 0.29) is 12.5 Å². The van der Waals surface area contributed by atoms with Crippen molar-refractivity contribution >= 4 is 34.8 Å². The van der Waals surface area contributed by atoms with Crippen molar-refractivity contribution in [2.24, 2.45) is 4.99 Å². The molecule has 0 saturated carbocycles. The van der Waals surface area contributed by atoms with Crippen molar-refractivity contribution in [3.05, 3.63) is 30.0 Å². The first-order chi connectivity index (χ1) is 15.8. The Kier molecular flexibility index (Phi) is 4.83. The maximum atomic E-state index is 12.8. The quantitative estimate of drug-likeness (QED) is 0.629. The highest BCUT2D eigenvalue weighted by molar-refractivity contribution is 5.93. The average Bonchev–Trinajstić information content (AvgIpc) is 3.60. The molecule has 3 aromatic rings. The van der Waals surface area contributed by atoms with E-state index in [1.54, 1.807) is 10.9 Å². The van der Waals surface area contributed by atoms with E-state index in [0.29, 0.717) is 24.8 Å². The third kappa shape index (κ3) is 3.42. The van der Waals surface area contributed by atoms with Crippen molar-refractivity contribution in [1.82, 2.24) is 24.6 Å². The number of nitrogens with zero attached hydrogens (tertiary/aromatic N) is 7. The number of aliphatic imine (C=N–C) groups is 1. The molecule has 6 rings (SSSR count). The number of anilines is 1. The number of rotatable bonds is 4. The Morgan fingerprint density at radius 3 is 2.75 bits per heavy atom. The summed E-state index contributed by atoms with van der Waals surface area (Å²) in [5.74, 6) is 0.739. The van der Waals surface area contributed by atoms with Crippen LogP contribution in [0.3, 0.4) is 0 Å². The van der Waals surface area contributed by atoms with Gasteiger partial charge in [-0.2, -0.15) is 10.1 Å². The molecule has 0 radical (unpaired) electrons. The first-order valence-electron chi connectivity index (χ1n) is 11.3. The maximum Gasteiger partial charge on any atom is 0.244 e. The Hall–Kier alpha value is -3.33. The van der Waals surface area contributed by atoms with Crippen LogP contribution in [0.5, 0.6) is 0 Å². The summed E-state index contributed by atoms with van der Waals surface area (Å²) in [4.78, 5) is 31.2. The first-order valence-corrected chi connectivity index (χ1v) is 11.3. The summed E-state index contributed by atoms with van der Waals surface area (Å²) < 4.78 is 7.23. The molecule has 2 aromatic heterocycles. The monoisotopic (exact) mass is 431 g/mol. The van der Waals surface area contributed by atoms with Gasteiger partial charge in [0, 0.05) is 44.4 Å². The molecule has 1 amide bonds. The zero-order valence-corrected chi connectivity index (χ0v) is 17.9. The number of carbonyl (C=O) groups is 1. The lowest BCUT2D eigenvalue weighted by Crippen LogP contribution is -2.37. The van der Waals surface area contributed by atoms with E-state index in [2.05, 4.69) is 33.2 Å². The van der Waals surface area contributed by atoms with E-state index in [1.165, 1.54) is 5.56 Å². The Labute approximate surface area is 185 Å². The summed E-state index contributed by atoms with van der Waals surface area (Å²) in [5.41, 5.74) is 4.70. The molecule has 9 nitrogen and oxygen atoms in total. The van der Waals surface area contributed by atoms with Gasteiger partial charge in [-0.05, 0) is 24.5 Å². The Bertz CT molecular complexity index is 1210. The largest absolute Gasteiger partial charge is 0.378 e. The zero-order valence-electron chi connectivity index (χ0n) is 17.9. The van der Waals surface area contributed by atoms with Gasteiger partial charge >= 0.3 is 0 Å². The van der Waals surface area contributed by atoms with Crippen LogP contribution in [0.1, 0.15) is 18.4 Å². The number of aromatic nitrogens is 4. The second-order valence-corrected chi connectivity index (χ2v) is 8.46. The Morgan fingerprint density at radius 1 is 1.06 bits per heavy atom. The molecule has 164 valence electrons. The van der Waals surface area contributed by atoms with E-state index < -0.39 is 0 Å². The van der Waals surface area contributed by atoms with Gasteiger partial charge in [0.05, 0.1) is 36.2 Å². The topological polar surface area (TPSA) is 88.7 Å². The van der Waals surface area contributed by atoms with Gasteiger partial charge in [-0.1, -0.05) is 12.1 Å². The van der Waals surface area contributed by atoms with E-state index in [1.807, 2.05) is 11.1 Å². The van der Waals surface area contributed by atoms with Gasteiger partial charge in [-0.15, -0.1) is 0 Å². The molecule has 2 saturated heterocycles. The van der Waals surface area contributed by atoms with Gasteiger partial charge in [-0.3, -0.25) is 9.79 Å². The summed E-state index contributed by atoms with van der Waals surface area (Å²) in [6.45, 7) is 4.62. The van der Waals surface area contributed by atoms with Crippen molar-refractivity contribution < 1.29 is 9.53 Å². The van der Waals surface area contributed by atoms with Gasteiger partial charge in [0.2, 0.25) is 11.9 Å². The molecule has 32 heavy (non-hydrogen) atoms. The third-order valence-corrected chi connectivity index (χ3v) is 6.42. The van der Waals surface area contributed by atoms with Crippen molar-refractivity contribution in [1.29, 1.82) is 0 Å². The van der Waals surface area contributed by atoms with Crippen LogP contribution in [0.15, 0.2) is 29.4 Å². The molecule has 0 spiro atoms. The molecule has 5 heterocycles. The maximum absolute atomic E-state index is 12.8. The number of amides is 1. The molecule has 0 atom stereocenters. The van der Waals surface area contributed by atoms with Crippen LogP contribution < -0.4 is 4.90 Å². The van der Waals surface area contributed by atoms with Gasteiger partial charge in [0.1, 0.15) is 6.54 Å². The standard InChI is InChI=1S/C23H25N7O2/c31-20(28-7-1-2-8-28)15-30-22-18(14-25-30)21(17-4-3-16-5-6-24-19(16)13-17)26-23(27-22)29-9-11-32-12-10-29/h3-4,6,13-14H,1-2,5,7-12,15H2. The molecule has 3 aliphatic rings. The van der Waals surface area contributed by atoms with Crippen LogP contribution >= 0.6 is 0 Å². The van der Waals surface area contributed by atoms with Gasteiger partial charge < -0.3 is 14.5 Å². The van der Waals surface area contributed by atoms with E-state index in [4.69, 9.17) is 14.7 Å². The van der Waals surface area contributed by atoms with Gasteiger partial charge in [0.15, 0.2) is 5.65 Å². The minimum absolute atomic E-state index is 0.0902. The van der Waals surface area contributed by atoms with Crippen molar-refractivity contribution in [2.45, 2.75) is 25.8 Å². The highest BCUT2D eigenvalue weighted by Crippen LogP contribution is 2.34. The highest BCUT2D eigenvalue weighted by atomic mass is 16.5. The summed E-state index contributed by atoms with van der Waals surface area (Å²) in [6.07, 6.45) is 6.72. The molecule has 2 fully saturated rings. The minimum Gasteiger partial charge on any atom is -0.378 e. The predicted octanol–water partition coefficient (Wildman–Crippen LogP) is 2.21. The Balaban J connectivity index is 1.44. The van der Waals surface area contributed by atoms with Crippen LogP contribution in [0.4, 0.5) is 11.6 Å². The number of benzene rings is 1. The van der Waals surface area contributed by atoms with Gasteiger partial charge in [-0.25, -0.2) is 9.67 Å². The molecule has 0 unspecified atom stereocenters. The Morgan fingerprint density at radius 2 is 1.91 bits per heavy atom. The second kappa shape index (κ2) is 7.98. The van der Waals surface area contributed by atoms with E-state index >= 15 is 0 Å². The highest BCUT2D eigenvalue weighted by Gasteiger charge is 2.23. The number of hydrogen-bond acceptors (Lipinski definition) is 7. The third-order valence-electron chi connectivity index (χ3n) is 6.42. The fourth-order valence-corrected chi connectivity index (χ4v) is 4.63. The predicted molar refractivity (Wildman–Crippen MR) is 121 cm³/mol. The minimum atomic E-state index is 0.0902. The lowest BCUT2D eigenvalue weighted by Gasteiger charge is -2.27. The molecule has 9 heteroatoms. The lowest BCUT2D eigenvalue weighted by molar-refractivity contribution is -0.130. The molecular formula is C23H25N7O2. The van der Waals surface area contributed by atoms with Crippen LogP contribution in [0, 0.1) is 0 Å². The molecule has 3 aliphatic heterocycles. The smallest absolute Gasteiger partial charge is 0.244 e. The normalized spacial score (nSPS) is 18.0. The van der Waals surface area contributed by atoms with E-state index in [9.17, 15) is 4.79 Å². The zero-order chi connectivity index (χ0) is 21.5. The summed E-state index contributed by atoms with van der Waals surface area (Å²) >= 11 is 0. The second-order valence-electron chi connectivity index (χ2n) is 8.46. The van der Waals surface area contributed by atoms with Crippen molar-refractivity contribution in [3.8, 4) is 11.3 Å². The number of carbonyl (C=O) groups excluding carboxylic acids is 1. The van der Waals surface area contributed by atoms with Gasteiger partial charge in [0.25, 0.3) is 0 Å². The number of fused-ring (bicyclic) bond motifs is 2. The van der Waals surface area contributed by atoms with E-state index in [0.717, 1.165) is 67.8 Å². The van der Waals surface area contributed by atoms with Crippen molar-refractivity contribution in [2.75, 3.05) is 44.3 Å². The number of likely N-dealkylation sites (tertiary alicyclic amines) is 1. The number of morpholine rings is 1. The lowest BCUT2D eigenvalue weighted by atomic mass is 10.0. The summed E-state index contributed by atoms with van der Waals surface area (Å²) in [5, 5.41) is 5.39. The van der Waals surface area contributed by atoms with Crippen molar-refractivity contribution in [3.63, 3.8) is 0 Å². The molecular weight excluding hydrogens is 406 g/mol. The van der Waals surface area contributed by atoms with Crippen LogP contribution in [0.2, 0.25) is 0 Å². The molecule has 0 bridgehead atoms. The molecule has 0 N–H and O–H groups in total. The summed E-state index contributed by atoms with van der Waals surface area (Å²) in [7, 11) is 0. The number of hydrogen-bond donors (Lipinski definition) is 0. The first kappa shape index (κ1) is 19.4. The van der Waals surface area contributed by atoms with Crippen LogP contribution in [0.25, 0.3) is 22.3 Å². The van der Waals surface area contributed by atoms with Crippen LogP contribution in [-0.2, 0) is 22.5 Å².